The maximum absolute atomic E-state index is 5.78. The molecule has 0 radical (unpaired) electrons. The van der Waals surface area contributed by atoms with E-state index >= 15 is 0 Å². The van der Waals surface area contributed by atoms with Crippen molar-refractivity contribution < 1.29 is 4.74 Å². The van der Waals surface area contributed by atoms with E-state index in [0.717, 1.165) is 0 Å². The van der Waals surface area contributed by atoms with Gasteiger partial charge in [-0.1, -0.05) is 11.6 Å². The van der Waals surface area contributed by atoms with Crippen LogP contribution in [0.3, 0.4) is 0 Å². The van der Waals surface area contributed by atoms with Gasteiger partial charge in [0.05, 0.1) is 0 Å². The molecule has 0 saturated heterocycles. The van der Waals surface area contributed by atoms with Crippen LogP contribution in [0.15, 0.2) is 24.3 Å². The van der Waals surface area contributed by atoms with E-state index in [4.69, 9.17) is 22.1 Å². The normalized spacial score (nSPS) is 10.2. The molecule has 2 N–H and O–H groups in total. The van der Waals surface area contributed by atoms with Gasteiger partial charge in [-0.15, -0.1) is 0 Å². The lowest BCUT2D eigenvalue weighted by Gasteiger charge is -2.11. The Morgan fingerprint density at radius 2 is 1.78 bits per heavy atom. The minimum absolute atomic E-state index is 0.109. The molecule has 1 aromatic heterocycles. The highest BCUT2D eigenvalue weighted by Gasteiger charge is 2.08. The Hall–Kier alpha value is -2.08. The van der Waals surface area contributed by atoms with E-state index in [-0.39, 0.29) is 12.0 Å². The quantitative estimate of drug-likeness (QED) is 0.914. The van der Waals surface area contributed by atoms with Gasteiger partial charge in [0.15, 0.2) is 0 Å². The molecular weight excluding hydrogens is 254 g/mol. The first-order chi connectivity index (χ1) is 8.54. The van der Waals surface area contributed by atoms with E-state index in [1.165, 1.54) is 0 Å². The zero-order chi connectivity index (χ0) is 13.1. The van der Waals surface area contributed by atoms with Gasteiger partial charge in [0, 0.05) is 19.1 Å². The van der Waals surface area contributed by atoms with Gasteiger partial charge in [0.2, 0.25) is 11.9 Å². The Labute approximate surface area is 109 Å². The van der Waals surface area contributed by atoms with Crippen LogP contribution in [-0.2, 0) is 0 Å². The molecule has 0 atom stereocenters. The number of halogens is 1. The molecule has 7 heteroatoms. The third kappa shape index (κ3) is 2.98. The van der Waals surface area contributed by atoms with Crippen molar-refractivity contribution in [3.05, 3.63) is 29.3 Å². The number of anilines is 2. The fourth-order valence-electron chi connectivity index (χ4n) is 1.21. The van der Waals surface area contributed by atoms with Gasteiger partial charge >= 0.3 is 6.01 Å². The minimum Gasteiger partial charge on any atom is -0.424 e. The molecule has 1 heterocycles. The van der Waals surface area contributed by atoms with Gasteiger partial charge in [0.1, 0.15) is 5.75 Å². The molecule has 0 aliphatic heterocycles. The van der Waals surface area contributed by atoms with Crippen molar-refractivity contribution in [2.24, 2.45) is 0 Å². The van der Waals surface area contributed by atoms with Crippen molar-refractivity contribution >= 4 is 23.5 Å². The lowest BCUT2D eigenvalue weighted by molar-refractivity contribution is 0.441. The molecule has 6 nitrogen and oxygen atoms in total. The molecule has 0 saturated carbocycles. The number of aromatic nitrogens is 3. The monoisotopic (exact) mass is 265 g/mol. The third-order valence-electron chi connectivity index (χ3n) is 2.04. The molecule has 0 aliphatic carbocycles. The van der Waals surface area contributed by atoms with E-state index in [1.54, 1.807) is 43.3 Å². The molecule has 94 valence electrons. The molecule has 0 unspecified atom stereocenters. The first-order valence-corrected chi connectivity index (χ1v) is 5.54. The highest BCUT2D eigenvalue weighted by molar-refractivity contribution is 6.30. The maximum atomic E-state index is 5.78. The van der Waals surface area contributed by atoms with Crippen LogP contribution in [0.1, 0.15) is 0 Å². The first-order valence-electron chi connectivity index (χ1n) is 5.17. The average Bonchev–Trinajstić information content (AvgIpc) is 2.31. The van der Waals surface area contributed by atoms with E-state index < -0.39 is 0 Å². The molecule has 0 fully saturated rings. The van der Waals surface area contributed by atoms with Crippen molar-refractivity contribution in [1.29, 1.82) is 0 Å². The fraction of sp³-hybridized carbons (Fsp3) is 0.182. The molecule has 0 bridgehead atoms. The Morgan fingerprint density at radius 3 is 2.39 bits per heavy atom. The van der Waals surface area contributed by atoms with E-state index in [9.17, 15) is 0 Å². The molecule has 18 heavy (non-hydrogen) atoms. The molecule has 0 aliphatic rings. The van der Waals surface area contributed by atoms with Crippen molar-refractivity contribution in [3.8, 4) is 11.8 Å². The third-order valence-corrected chi connectivity index (χ3v) is 2.30. The van der Waals surface area contributed by atoms with Crippen LogP contribution in [-0.4, -0.2) is 29.0 Å². The van der Waals surface area contributed by atoms with Crippen LogP contribution in [0.4, 0.5) is 11.9 Å². The molecular formula is C11H12ClN5O. The van der Waals surface area contributed by atoms with Crippen molar-refractivity contribution in [2.75, 3.05) is 24.7 Å². The number of ether oxygens (including phenoxy) is 1. The smallest absolute Gasteiger partial charge is 0.328 e. The Kier molecular flexibility index (Phi) is 3.47. The van der Waals surface area contributed by atoms with Gasteiger partial charge in [-0.3, -0.25) is 0 Å². The summed E-state index contributed by atoms with van der Waals surface area (Å²) in [5, 5.41) is 0.631. The van der Waals surface area contributed by atoms with Crippen LogP contribution in [0, 0.1) is 0 Å². The van der Waals surface area contributed by atoms with Gasteiger partial charge in [-0.25, -0.2) is 0 Å². The van der Waals surface area contributed by atoms with E-state index in [0.29, 0.717) is 16.7 Å². The summed E-state index contributed by atoms with van der Waals surface area (Å²) in [6.07, 6.45) is 0. The molecule has 1 aromatic carbocycles. The summed E-state index contributed by atoms with van der Waals surface area (Å²) in [7, 11) is 3.61. The minimum atomic E-state index is 0.109. The van der Waals surface area contributed by atoms with Crippen LogP contribution < -0.4 is 15.4 Å². The molecule has 0 spiro atoms. The number of hydrogen-bond donors (Lipinski definition) is 1. The van der Waals surface area contributed by atoms with Crippen LogP contribution in [0.2, 0.25) is 5.02 Å². The largest absolute Gasteiger partial charge is 0.424 e. The number of hydrogen-bond acceptors (Lipinski definition) is 6. The van der Waals surface area contributed by atoms with Gasteiger partial charge in [0.25, 0.3) is 0 Å². The number of benzene rings is 1. The summed E-state index contributed by atoms with van der Waals surface area (Å²) in [5.41, 5.74) is 5.58. The van der Waals surface area contributed by atoms with Crippen molar-refractivity contribution in [2.45, 2.75) is 0 Å². The maximum Gasteiger partial charge on any atom is 0.328 e. The van der Waals surface area contributed by atoms with Crippen LogP contribution in [0.5, 0.6) is 11.8 Å². The topological polar surface area (TPSA) is 77.2 Å². The number of rotatable bonds is 3. The average molecular weight is 266 g/mol. The van der Waals surface area contributed by atoms with E-state index in [1.807, 2.05) is 0 Å². The lowest BCUT2D eigenvalue weighted by atomic mass is 10.3. The second-order valence-corrected chi connectivity index (χ2v) is 4.16. The van der Waals surface area contributed by atoms with Gasteiger partial charge in [-0.05, 0) is 24.3 Å². The SMILES string of the molecule is CN(C)c1nc(N)nc(Oc2ccc(Cl)cc2)n1. The summed E-state index contributed by atoms with van der Waals surface area (Å²) in [6, 6.07) is 7.02. The summed E-state index contributed by atoms with van der Waals surface area (Å²) in [4.78, 5) is 13.7. The van der Waals surface area contributed by atoms with E-state index in [2.05, 4.69) is 15.0 Å². The van der Waals surface area contributed by atoms with Crippen LogP contribution in [0.25, 0.3) is 0 Å². The second-order valence-electron chi connectivity index (χ2n) is 3.73. The first kappa shape index (κ1) is 12.4. The highest BCUT2D eigenvalue weighted by atomic mass is 35.5. The lowest BCUT2D eigenvalue weighted by Crippen LogP contribution is -2.15. The summed E-state index contributed by atoms with van der Waals surface area (Å²) in [5.74, 6) is 1.12. The molecule has 2 aromatic rings. The molecule has 2 rings (SSSR count). The summed E-state index contributed by atoms with van der Waals surface area (Å²) >= 11 is 5.78. The van der Waals surface area contributed by atoms with Crippen molar-refractivity contribution in [3.63, 3.8) is 0 Å². The number of nitrogen functional groups attached to an aromatic ring is 1. The Balaban J connectivity index is 2.26. The zero-order valence-corrected chi connectivity index (χ0v) is 10.7. The number of nitrogens with two attached hydrogens (primary N) is 1. The van der Waals surface area contributed by atoms with Gasteiger partial charge in [-0.2, -0.15) is 15.0 Å². The molecule has 0 amide bonds. The second kappa shape index (κ2) is 5.05. The highest BCUT2D eigenvalue weighted by Crippen LogP contribution is 2.21. The number of nitrogens with zero attached hydrogens (tertiary/aromatic N) is 4. The van der Waals surface area contributed by atoms with Crippen molar-refractivity contribution in [1.82, 2.24) is 15.0 Å². The summed E-state index contributed by atoms with van der Waals surface area (Å²) < 4.78 is 5.48. The van der Waals surface area contributed by atoms with Crippen LogP contribution >= 0.6 is 11.6 Å². The fourth-order valence-corrected chi connectivity index (χ4v) is 1.34. The Morgan fingerprint density at radius 1 is 1.11 bits per heavy atom. The standard InChI is InChI=1S/C11H12ClN5O/c1-17(2)10-14-9(13)15-11(16-10)18-8-5-3-7(12)4-6-8/h3-6H,1-2H3,(H2,13,14,15,16). The predicted octanol–water partition coefficient (Wildman–Crippen LogP) is 1.97. The predicted molar refractivity (Wildman–Crippen MR) is 70.1 cm³/mol. The Bertz CT molecular complexity index is 544. The zero-order valence-electron chi connectivity index (χ0n) is 9.96. The van der Waals surface area contributed by atoms with Gasteiger partial charge < -0.3 is 15.4 Å². The summed E-state index contributed by atoms with van der Waals surface area (Å²) in [6.45, 7) is 0.